The van der Waals surface area contributed by atoms with Gasteiger partial charge in [-0.05, 0) is 31.0 Å². The van der Waals surface area contributed by atoms with Crippen LogP contribution in [-0.4, -0.2) is 49.3 Å². The Morgan fingerprint density at radius 1 is 1.19 bits per heavy atom. The fourth-order valence-electron chi connectivity index (χ4n) is 3.64. The lowest BCUT2D eigenvalue weighted by molar-refractivity contribution is 0.0360. The monoisotopic (exact) mass is 285 g/mol. The van der Waals surface area contributed by atoms with Crippen molar-refractivity contribution in [2.75, 3.05) is 39.4 Å². The molecule has 0 radical (unpaired) electrons. The molecule has 0 spiro atoms. The van der Waals surface area contributed by atoms with Gasteiger partial charge in [-0.25, -0.2) is 0 Å². The molecule has 0 bridgehead atoms. The van der Waals surface area contributed by atoms with Crippen LogP contribution in [0.1, 0.15) is 23.7 Å². The number of hydrogen-bond acceptors (Lipinski definition) is 3. The molecule has 1 fully saturated rings. The zero-order chi connectivity index (χ0) is 14.1. The lowest BCUT2D eigenvalue weighted by atomic mass is 9.97. The van der Waals surface area contributed by atoms with Crippen LogP contribution in [0.2, 0.25) is 0 Å². The average molecular weight is 285 g/mol. The Balaban J connectivity index is 1.52. The van der Waals surface area contributed by atoms with Crippen molar-refractivity contribution in [1.82, 2.24) is 15.2 Å². The molecule has 2 aliphatic heterocycles. The van der Waals surface area contributed by atoms with E-state index in [4.69, 9.17) is 4.74 Å². The van der Waals surface area contributed by atoms with Gasteiger partial charge in [0.2, 0.25) is 0 Å². The van der Waals surface area contributed by atoms with Gasteiger partial charge in [0.1, 0.15) is 0 Å². The molecule has 1 aromatic heterocycles. The maximum atomic E-state index is 5.42. The van der Waals surface area contributed by atoms with Crippen molar-refractivity contribution in [2.24, 2.45) is 0 Å². The summed E-state index contributed by atoms with van der Waals surface area (Å²) in [5.41, 5.74) is 4.22. The van der Waals surface area contributed by atoms with Crippen LogP contribution < -0.4 is 5.32 Å². The number of rotatable bonds is 3. The Hall–Kier alpha value is -1.36. The van der Waals surface area contributed by atoms with E-state index in [9.17, 15) is 0 Å². The van der Waals surface area contributed by atoms with Gasteiger partial charge in [0.05, 0.1) is 13.2 Å². The van der Waals surface area contributed by atoms with E-state index in [0.717, 1.165) is 45.8 Å². The molecule has 1 aromatic carbocycles. The summed E-state index contributed by atoms with van der Waals surface area (Å²) >= 11 is 0. The summed E-state index contributed by atoms with van der Waals surface area (Å²) in [6, 6.07) is 9.15. The molecule has 2 aliphatic rings. The second-order valence-corrected chi connectivity index (χ2v) is 6.06. The van der Waals surface area contributed by atoms with E-state index in [0.29, 0.717) is 6.04 Å². The van der Waals surface area contributed by atoms with Crippen molar-refractivity contribution in [2.45, 2.75) is 18.9 Å². The Bertz CT molecular complexity index is 616. The molecule has 21 heavy (non-hydrogen) atoms. The first-order valence-electron chi connectivity index (χ1n) is 8.05. The maximum Gasteiger partial charge on any atom is 0.0594 e. The van der Waals surface area contributed by atoms with E-state index < -0.39 is 0 Å². The van der Waals surface area contributed by atoms with Gasteiger partial charge in [0.25, 0.3) is 0 Å². The molecule has 1 atom stereocenters. The first kappa shape index (κ1) is 13.3. The van der Waals surface area contributed by atoms with Crippen LogP contribution in [0.3, 0.4) is 0 Å². The van der Waals surface area contributed by atoms with Crippen LogP contribution in [0.25, 0.3) is 10.9 Å². The molecular formula is C17H23N3O. The normalized spacial score (nSPS) is 23.3. The minimum absolute atomic E-state index is 0.462. The maximum absolute atomic E-state index is 5.42. The molecule has 0 saturated carbocycles. The first-order valence-corrected chi connectivity index (χ1v) is 8.05. The second kappa shape index (κ2) is 5.79. The van der Waals surface area contributed by atoms with E-state index in [-0.39, 0.29) is 0 Å². The predicted molar refractivity (Wildman–Crippen MR) is 84.6 cm³/mol. The zero-order valence-corrected chi connectivity index (χ0v) is 12.4. The highest BCUT2D eigenvalue weighted by Gasteiger charge is 2.24. The average Bonchev–Trinajstić information content (AvgIpc) is 2.93. The summed E-state index contributed by atoms with van der Waals surface area (Å²) in [6.07, 6.45) is 2.30. The topological polar surface area (TPSA) is 40.3 Å². The summed E-state index contributed by atoms with van der Waals surface area (Å²) in [5, 5.41) is 5.09. The molecule has 0 amide bonds. The number of hydrogen-bond donors (Lipinski definition) is 2. The number of aromatic nitrogens is 1. The zero-order valence-electron chi connectivity index (χ0n) is 12.4. The quantitative estimate of drug-likeness (QED) is 0.907. The second-order valence-electron chi connectivity index (χ2n) is 6.06. The lowest BCUT2D eigenvalue weighted by Gasteiger charge is -2.30. The van der Waals surface area contributed by atoms with Crippen LogP contribution in [0.15, 0.2) is 24.3 Å². The smallest absolute Gasteiger partial charge is 0.0594 e. The number of fused-ring (bicyclic) bond motifs is 3. The van der Waals surface area contributed by atoms with Crippen LogP contribution in [0.4, 0.5) is 0 Å². The molecule has 0 aliphatic carbocycles. The van der Waals surface area contributed by atoms with Crippen LogP contribution >= 0.6 is 0 Å². The summed E-state index contributed by atoms with van der Waals surface area (Å²) in [5.74, 6) is 0. The third-order valence-corrected chi connectivity index (χ3v) is 4.80. The van der Waals surface area contributed by atoms with Crippen molar-refractivity contribution >= 4 is 10.9 Å². The van der Waals surface area contributed by atoms with Crippen molar-refractivity contribution in [3.8, 4) is 0 Å². The summed E-state index contributed by atoms with van der Waals surface area (Å²) < 4.78 is 5.42. The Labute approximate surface area is 125 Å². The van der Waals surface area contributed by atoms with Gasteiger partial charge in [-0.2, -0.15) is 0 Å². The van der Waals surface area contributed by atoms with E-state index in [1.807, 2.05) is 0 Å². The highest BCUT2D eigenvalue weighted by atomic mass is 16.5. The highest BCUT2D eigenvalue weighted by Crippen LogP contribution is 2.31. The fraction of sp³-hybridized carbons (Fsp3) is 0.529. The first-order chi connectivity index (χ1) is 10.4. The Morgan fingerprint density at radius 3 is 2.95 bits per heavy atom. The van der Waals surface area contributed by atoms with Crippen molar-refractivity contribution in [1.29, 1.82) is 0 Å². The minimum Gasteiger partial charge on any atom is -0.379 e. The number of morpholine rings is 1. The van der Waals surface area contributed by atoms with Gasteiger partial charge < -0.3 is 15.0 Å². The van der Waals surface area contributed by atoms with Crippen molar-refractivity contribution < 1.29 is 4.74 Å². The van der Waals surface area contributed by atoms with Gasteiger partial charge in [-0.3, -0.25) is 4.90 Å². The van der Waals surface area contributed by atoms with Crippen LogP contribution in [0.5, 0.6) is 0 Å². The molecule has 0 unspecified atom stereocenters. The standard InChI is InChI=1S/C17H23N3O/c1-2-4-15-13(3-1)14-5-7-18-16(17(14)19-15)6-8-20-9-11-21-12-10-20/h1-4,16,18-19H,5-12H2/t16-/m0/s1. The molecule has 112 valence electrons. The number of ether oxygens (including phenoxy) is 1. The number of nitrogens with zero attached hydrogens (tertiary/aromatic N) is 1. The van der Waals surface area contributed by atoms with Gasteiger partial charge in [0.15, 0.2) is 0 Å². The molecule has 1 saturated heterocycles. The number of benzene rings is 1. The number of aromatic amines is 1. The van der Waals surface area contributed by atoms with Crippen molar-refractivity contribution in [3.63, 3.8) is 0 Å². The molecule has 3 heterocycles. The third kappa shape index (κ3) is 2.59. The van der Waals surface area contributed by atoms with Gasteiger partial charge in [-0.15, -0.1) is 0 Å². The predicted octanol–water partition coefficient (Wildman–Crippen LogP) is 2.08. The molecule has 2 aromatic rings. The van der Waals surface area contributed by atoms with Gasteiger partial charge in [-0.1, -0.05) is 18.2 Å². The minimum atomic E-state index is 0.462. The summed E-state index contributed by atoms with van der Waals surface area (Å²) in [7, 11) is 0. The van der Waals surface area contributed by atoms with Crippen LogP contribution in [0, 0.1) is 0 Å². The Kier molecular flexibility index (Phi) is 3.67. The number of nitrogens with one attached hydrogen (secondary N) is 2. The van der Waals surface area contributed by atoms with E-state index in [1.165, 1.54) is 28.6 Å². The third-order valence-electron chi connectivity index (χ3n) is 4.80. The van der Waals surface area contributed by atoms with E-state index in [1.54, 1.807) is 0 Å². The highest BCUT2D eigenvalue weighted by molar-refractivity contribution is 5.85. The summed E-state index contributed by atoms with van der Waals surface area (Å²) in [4.78, 5) is 6.16. The number of H-pyrrole nitrogens is 1. The molecular weight excluding hydrogens is 262 g/mol. The van der Waals surface area contributed by atoms with Gasteiger partial charge in [0, 0.05) is 42.3 Å². The summed E-state index contributed by atoms with van der Waals surface area (Å²) in [6.45, 7) is 6.16. The number of para-hydroxylation sites is 1. The Morgan fingerprint density at radius 2 is 2.05 bits per heavy atom. The molecule has 4 heteroatoms. The van der Waals surface area contributed by atoms with E-state index in [2.05, 4.69) is 39.5 Å². The van der Waals surface area contributed by atoms with Crippen molar-refractivity contribution in [3.05, 3.63) is 35.5 Å². The van der Waals surface area contributed by atoms with E-state index >= 15 is 0 Å². The largest absolute Gasteiger partial charge is 0.379 e. The fourth-order valence-corrected chi connectivity index (χ4v) is 3.64. The SMILES string of the molecule is c1ccc2c3c([nH]c2c1)[C@H](CCN1CCOCC1)NCC3. The molecule has 2 N–H and O–H groups in total. The van der Waals surface area contributed by atoms with Gasteiger partial charge >= 0.3 is 0 Å². The van der Waals surface area contributed by atoms with Crippen LogP contribution in [-0.2, 0) is 11.2 Å². The lowest BCUT2D eigenvalue weighted by Crippen LogP contribution is -2.39. The molecule has 4 rings (SSSR count). The molecule has 4 nitrogen and oxygen atoms in total.